The van der Waals surface area contributed by atoms with Crippen LogP contribution < -0.4 is 10.6 Å². The second kappa shape index (κ2) is 5.36. The smallest absolute Gasteiger partial charge is 0.149 e. The highest BCUT2D eigenvalue weighted by Crippen LogP contribution is 2.19. The van der Waals surface area contributed by atoms with Crippen molar-refractivity contribution in [2.45, 2.75) is 45.2 Å². The average Bonchev–Trinajstić information content (AvgIpc) is 2.99. The standard InChI is InChI=1S/C13H23N5/c1-10(15-9-11-4-2-6-14-8-11)13-17-16-12-5-3-7-18(12)13/h10-11,14-15H,2-9H2,1H3. The normalized spacial score (nSPS) is 25.1. The summed E-state index contributed by atoms with van der Waals surface area (Å²) in [7, 11) is 0. The van der Waals surface area contributed by atoms with Crippen molar-refractivity contribution in [1.82, 2.24) is 25.4 Å². The quantitative estimate of drug-likeness (QED) is 0.831. The zero-order chi connectivity index (χ0) is 12.4. The first-order valence-electron chi connectivity index (χ1n) is 7.20. The largest absolute Gasteiger partial charge is 0.316 e. The minimum absolute atomic E-state index is 0.311. The van der Waals surface area contributed by atoms with Crippen LogP contribution in [0.2, 0.25) is 0 Å². The Balaban J connectivity index is 1.55. The van der Waals surface area contributed by atoms with Gasteiger partial charge in [-0.25, -0.2) is 0 Å². The van der Waals surface area contributed by atoms with Crippen LogP contribution in [0.1, 0.15) is 43.9 Å². The van der Waals surface area contributed by atoms with Gasteiger partial charge in [0.15, 0.2) is 0 Å². The van der Waals surface area contributed by atoms with Gasteiger partial charge in [-0.1, -0.05) is 0 Å². The molecule has 100 valence electrons. The molecule has 1 aromatic rings. The van der Waals surface area contributed by atoms with Crippen LogP contribution in [-0.2, 0) is 13.0 Å². The lowest BCUT2D eigenvalue weighted by atomic mass is 9.99. The van der Waals surface area contributed by atoms with E-state index < -0.39 is 0 Å². The fraction of sp³-hybridized carbons (Fsp3) is 0.846. The molecule has 0 aromatic carbocycles. The Hall–Kier alpha value is -0.940. The van der Waals surface area contributed by atoms with Gasteiger partial charge in [-0.3, -0.25) is 0 Å². The molecule has 2 N–H and O–H groups in total. The number of hydrogen-bond acceptors (Lipinski definition) is 4. The van der Waals surface area contributed by atoms with E-state index in [4.69, 9.17) is 0 Å². The molecule has 5 heteroatoms. The van der Waals surface area contributed by atoms with Gasteiger partial charge >= 0.3 is 0 Å². The van der Waals surface area contributed by atoms with Crippen LogP contribution in [0.4, 0.5) is 0 Å². The highest BCUT2D eigenvalue weighted by Gasteiger charge is 2.22. The molecule has 18 heavy (non-hydrogen) atoms. The van der Waals surface area contributed by atoms with Crippen molar-refractivity contribution in [2.75, 3.05) is 19.6 Å². The third-order valence-corrected chi connectivity index (χ3v) is 4.14. The van der Waals surface area contributed by atoms with Crippen molar-refractivity contribution in [2.24, 2.45) is 5.92 Å². The predicted octanol–water partition coefficient (Wildman–Crippen LogP) is 0.874. The second-order valence-electron chi connectivity index (χ2n) is 5.57. The topological polar surface area (TPSA) is 54.8 Å². The monoisotopic (exact) mass is 249 g/mol. The maximum Gasteiger partial charge on any atom is 0.149 e. The van der Waals surface area contributed by atoms with Crippen molar-refractivity contribution < 1.29 is 0 Å². The van der Waals surface area contributed by atoms with E-state index in [1.807, 2.05) is 0 Å². The van der Waals surface area contributed by atoms with E-state index in [0.717, 1.165) is 43.6 Å². The SMILES string of the molecule is CC(NCC1CCCNC1)c1nnc2n1CCC2. The summed E-state index contributed by atoms with van der Waals surface area (Å²) in [6, 6.07) is 0.311. The zero-order valence-electron chi connectivity index (χ0n) is 11.2. The average molecular weight is 249 g/mol. The minimum atomic E-state index is 0.311. The summed E-state index contributed by atoms with van der Waals surface area (Å²) >= 11 is 0. The summed E-state index contributed by atoms with van der Waals surface area (Å²) in [5, 5.41) is 15.7. The van der Waals surface area contributed by atoms with E-state index in [1.54, 1.807) is 0 Å². The fourth-order valence-corrected chi connectivity index (χ4v) is 3.03. The molecule has 1 fully saturated rings. The van der Waals surface area contributed by atoms with Crippen LogP contribution in [0.25, 0.3) is 0 Å². The van der Waals surface area contributed by atoms with E-state index >= 15 is 0 Å². The molecular formula is C13H23N5. The lowest BCUT2D eigenvalue weighted by molar-refractivity contribution is 0.344. The van der Waals surface area contributed by atoms with Crippen LogP contribution in [0.15, 0.2) is 0 Å². The summed E-state index contributed by atoms with van der Waals surface area (Å²) in [6.07, 6.45) is 4.95. The van der Waals surface area contributed by atoms with Crippen molar-refractivity contribution in [3.8, 4) is 0 Å². The first kappa shape index (κ1) is 12.1. The Kier molecular flexibility index (Phi) is 3.61. The van der Waals surface area contributed by atoms with Crippen LogP contribution >= 0.6 is 0 Å². The molecule has 1 aromatic heterocycles. The molecule has 1 saturated heterocycles. The molecule has 2 atom stereocenters. The van der Waals surface area contributed by atoms with Gasteiger partial charge in [0.05, 0.1) is 6.04 Å². The minimum Gasteiger partial charge on any atom is -0.316 e. The number of piperidine rings is 1. The number of nitrogens with one attached hydrogen (secondary N) is 2. The Morgan fingerprint density at radius 3 is 3.22 bits per heavy atom. The second-order valence-corrected chi connectivity index (χ2v) is 5.57. The van der Waals surface area contributed by atoms with Gasteiger partial charge in [-0.15, -0.1) is 10.2 Å². The molecule has 0 radical (unpaired) electrons. The van der Waals surface area contributed by atoms with Gasteiger partial charge < -0.3 is 15.2 Å². The highest BCUT2D eigenvalue weighted by atomic mass is 15.3. The number of aryl methyl sites for hydroxylation is 1. The van der Waals surface area contributed by atoms with E-state index in [0.29, 0.717) is 6.04 Å². The van der Waals surface area contributed by atoms with E-state index in [9.17, 15) is 0 Å². The Bertz CT molecular complexity index is 394. The molecular weight excluding hydrogens is 226 g/mol. The summed E-state index contributed by atoms with van der Waals surface area (Å²) in [5.41, 5.74) is 0. The molecule has 2 aliphatic rings. The molecule has 3 heterocycles. The van der Waals surface area contributed by atoms with Gasteiger partial charge in [0.25, 0.3) is 0 Å². The molecule has 3 rings (SSSR count). The van der Waals surface area contributed by atoms with Crippen molar-refractivity contribution in [3.05, 3.63) is 11.6 Å². The molecule has 2 aliphatic heterocycles. The molecule has 2 unspecified atom stereocenters. The highest BCUT2D eigenvalue weighted by molar-refractivity contribution is 5.04. The summed E-state index contributed by atoms with van der Waals surface area (Å²) in [4.78, 5) is 0. The van der Waals surface area contributed by atoms with Gasteiger partial charge in [0, 0.05) is 13.0 Å². The fourth-order valence-electron chi connectivity index (χ4n) is 3.03. The number of rotatable bonds is 4. The first-order chi connectivity index (χ1) is 8.84. The predicted molar refractivity (Wildman–Crippen MR) is 70.4 cm³/mol. The molecule has 0 amide bonds. The lowest BCUT2D eigenvalue weighted by Gasteiger charge is -2.24. The Morgan fingerprint density at radius 2 is 2.39 bits per heavy atom. The van der Waals surface area contributed by atoms with Crippen LogP contribution in [-0.4, -0.2) is 34.4 Å². The van der Waals surface area contributed by atoms with Gasteiger partial charge in [0.2, 0.25) is 0 Å². The Morgan fingerprint density at radius 1 is 1.44 bits per heavy atom. The van der Waals surface area contributed by atoms with Crippen LogP contribution in [0, 0.1) is 5.92 Å². The number of hydrogen-bond donors (Lipinski definition) is 2. The van der Waals surface area contributed by atoms with Crippen LogP contribution in [0.3, 0.4) is 0 Å². The van der Waals surface area contributed by atoms with Gasteiger partial charge in [-0.2, -0.15) is 0 Å². The maximum absolute atomic E-state index is 4.34. The van der Waals surface area contributed by atoms with E-state index in [2.05, 4.69) is 32.3 Å². The number of nitrogens with zero attached hydrogens (tertiary/aromatic N) is 3. The summed E-state index contributed by atoms with van der Waals surface area (Å²) in [6.45, 7) is 6.71. The van der Waals surface area contributed by atoms with E-state index in [1.165, 1.54) is 25.8 Å². The maximum atomic E-state index is 4.34. The van der Waals surface area contributed by atoms with Crippen molar-refractivity contribution in [1.29, 1.82) is 0 Å². The van der Waals surface area contributed by atoms with E-state index in [-0.39, 0.29) is 0 Å². The molecule has 0 saturated carbocycles. The van der Waals surface area contributed by atoms with Crippen LogP contribution in [0.5, 0.6) is 0 Å². The third kappa shape index (κ3) is 2.42. The summed E-state index contributed by atoms with van der Waals surface area (Å²) in [5.74, 6) is 3.05. The lowest BCUT2D eigenvalue weighted by Crippen LogP contribution is -2.37. The van der Waals surface area contributed by atoms with Gasteiger partial charge in [-0.05, 0) is 51.7 Å². The van der Waals surface area contributed by atoms with Crippen molar-refractivity contribution in [3.63, 3.8) is 0 Å². The summed E-state index contributed by atoms with van der Waals surface area (Å²) < 4.78 is 2.29. The zero-order valence-corrected chi connectivity index (χ0v) is 11.2. The number of fused-ring (bicyclic) bond motifs is 1. The molecule has 5 nitrogen and oxygen atoms in total. The molecule has 0 spiro atoms. The first-order valence-corrected chi connectivity index (χ1v) is 7.20. The molecule has 0 bridgehead atoms. The van der Waals surface area contributed by atoms with Gasteiger partial charge in [0.1, 0.15) is 11.6 Å². The van der Waals surface area contributed by atoms with Crippen molar-refractivity contribution >= 4 is 0 Å². The number of aromatic nitrogens is 3. The Labute approximate surface area is 108 Å². The molecule has 0 aliphatic carbocycles. The third-order valence-electron chi connectivity index (χ3n) is 4.14.